The molecule has 1 aromatic carbocycles. The average Bonchev–Trinajstić information content (AvgIpc) is 2.90. The first-order valence-corrected chi connectivity index (χ1v) is 7.38. The van der Waals surface area contributed by atoms with E-state index >= 15 is 0 Å². The summed E-state index contributed by atoms with van der Waals surface area (Å²) < 4.78 is 24.2. The number of benzene rings is 1. The molecule has 0 aliphatic carbocycles. The molecule has 1 aliphatic rings. The summed E-state index contributed by atoms with van der Waals surface area (Å²) in [5, 5.41) is 3.26. The van der Waals surface area contributed by atoms with Crippen molar-refractivity contribution in [1.82, 2.24) is 10.2 Å². The third kappa shape index (κ3) is 4.23. The highest BCUT2D eigenvalue weighted by Crippen LogP contribution is 2.21. The zero-order valence-electron chi connectivity index (χ0n) is 13.0. The number of halogens is 1. The Hall–Kier alpha value is -1.01. The van der Waals surface area contributed by atoms with Crippen molar-refractivity contribution in [3.05, 3.63) is 35.6 Å². The molecule has 1 heterocycles. The van der Waals surface area contributed by atoms with E-state index in [0.717, 1.165) is 31.6 Å². The van der Waals surface area contributed by atoms with Gasteiger partial charge in [-0.1, -0.05) is 12.1 Å². The van der Waals surface area contributed by atoms with E-state index in [-0.39, 0.29) is 24.1 Å². The molecule has 1 aromatic rings. The van der Waals surface area contributed by atoms with Crippen LogP contribution in [0.15, 0.2) is 24.3 Å². The number of nitrogens with one attached hydrogen (secondary N) is 1. The molecule has 5 heteroatoms. The molecule has 3 atom stereocenters. The van der Waals surface area contributed by atoms with Gasteiger partial charge in [0.2, 0.25) is 0 Å². The molecule has 118 valence electrons. The summed E-state index contributed by atoms with van der Waals surface area (Å²) in [6.07, 6.45) is 1.20. The van der Waals surface area contributed by atoms with Crippen molar-refractivity contribution in [2.75, 3.05) is 40.9 Å². The van der Waals surface area contributed by atoms with Crippen LogP contribution >= 0.6 is 0 Å². The molecule has 0 aromatic heterocycles. The molecular weight excluding hydrogens is 271 g/mol. The van der Waals surface area contributed by atoms with Crippen molar-refractivity contribution >= 4 is 0 Å². The minimum absolute atomic E-state index is 0.136. The Labute approximate surface area is 126 Å². The highest BCUT2D eigenvalue weighted by atomic mass is 19.1. The van der Waals surface area contributed by atoms with Gasteiger partial charge in [0.1, 0.15) is 5.82 Å². The number of ether oxygens (including phenoxy) is 2. The largest absolute Gasteiger partial charge is 0.377 e. The van der Waals surface area contributed by atoms with Gasteiger partial charge in [0, 0.05) is 39.9 Å². The van der Waals surface area contributed by atoms with Crippen LogP contribution in [0.2, 0.25) is 0 Å². The molecule has 4 nitrogen and oxygen atoms in total. The second-order valence-electron chi connectivity index (χ2n) is 5.49. The smallest absolute Gasteiger partial charge is 0.123 e. The van der Waals surface area contributed by atoms with E-state index in [9.17, 15) is 4.39 Å². The quantitative estimate of drug-likeness (QED) is 0.832. The number of likely N-dealkylation sites (tertiary alicyclic amines) is 1. The summed E-state index contributed by atoms with van der Waals surface area (Å²) in [5.74, 6) is -0.187. The maximum absolute atomic E-state index is 13.3. The number of methoxy groups -OCH3 is 2. The molecule has 3 unspecified atom stereocenters. The number of hydrogen-bond donors (Lipinski definition) is 1. The second kappa shape index (κ2) is 7.84. The van der Waals surface area contributed by atoms with Crippen molar-refractivity contribution in [3.8, 4) is 0 Å². The van der Waals surface area contributed by atoms with Crippen LogP contribution in [-0.2, 0) is 9.47 Å². The predicted octanol–water partition coefficient (Wildman–Crippen LogP) is 1.82. The highest BCUT2D eigenvalue weighted by Gasteiger charge is 2.32. The van der Waals surface area contributed by atoms with Gasteiger partial charge in [-0.05, 0) is 31.2 Å². The Kier molecular flexibility index (Phi) is 6.11. The lowest BCUT2D eigenvalue weighted by Crippen LogP contribution is -2.28. The summed E-state index contributed by atoms with van der Waals surface area (Å²) in [7, 11) is 5.36. The molecule has 1 aliphatic heterocycles. The average molecular weight is 296 g/mol. The highest BCUT2D eigenvalue weighted by molar-refractivity contribution is 5.20. The zero-order valence-corrected chi connectivity index (χ0v) is 13.0. The fourth-order valence-corrected chi connectivity index (χ4v) is 2.97. The predicted molar refractivity (Wildman–Crippen MR) is 80.9 cm³/mol. The van der Waals surface area contributed by atoms with Gasteiger partial charge < -0.3 is 14.8 Å². The Bertz CT molecular complexity index is 432. The molecule has 2 rings (SSSR count). The van der Waals surface area contributed by atoms with Crippen LogP contribution in [0.4, 0.5) is 4.39 Å². The van der Waals surface area contributed by atoms with Gasteiger partial charge in [0.05, 0.1) is 12.2 Å². The van der Waals surface area contributed by atoms with Gasteiger partial charge in [-0.25, -0.2) is 4.39 Å². The summed E-state index contributed by atoms with van der Waals surface area (Å²) in [4.78, 5) is 2.34. The zero-order chi connectivity index (χ0) is 15.2. The molecule has 1 saturated heterocycles. The first-order chi connectivity index (χ1) is 10.2. The van der Waals surface area contributed by atoms with E-state index in [0.29, 0.717) is 0 Å². The minimum Gasteiger partial charge on any atom is -0.377 e. The molecule has 0 radical (unpaired) electrons. The second-order valence-corrected chi connectivity index (χ2v) is 5.49. The number of nitrogens with zero attached hydrogens (tertiary/aromatic N) is 1. The van der Waals surface area contributed by atoms with E-state index in [1.807, 2.05) is 13.1 Å². The standard InChI is InChI=1S/C16H25FN2O2/c1-18-14(12-5-4-6-13(17)9-12)7-8-19-10-15(20-2)16(11-19)21-3/h4-6,9,14-16,18H,7-8,10-11H2,1-3H3. The van der Waals surface area contributed by atoms with E-state index < -0.39 is 0 Å². The lowest BCUT2D eigenvalue weighted by atomic mass is 10.0. The topological polar surface area (TPSA) is 33.7 Å². The molecule has 21 heavy (non-hydrogen) atoms. The first-order valence-electron chi connectivity index (χ1n) is 7.38. The van der Waals surface area contributed by atoms with Crippen molar-refractivity contribution in [2.45, 2.75) is 24.7 Å². The van der Waals surface area contributed by atoms with Crippen LogP contribution in [0.3, 0.4) is 0 Å². The number of hydrogen-bond acceptors (Lipinski definition) is 4. The fraction of sp³-hybridized carbons (Fsp3) is 0.625. The molecule has 0 spiro atoms. The van der Waals surface area contributed by atoms with Gasteiger partial charge in [-0.15, -0.1) is 0 Å². The third-order valence-corrected chi connectivity index (χ3v) is 4.23. The Morgan fingerprint density at radius 3 is 2.48 bits per heavy atom. The Morgan fingerprint density at radius 2 is 1.95 bits per heavy atom. The van der Waals surface area contributed by atoms with Crippen molar-refractivity contribution in [2.24, 2.45) is 0 Å². The Morgan fingerprint density at radius 1 is 1.29 bits per heavy atom. The lowest BCUT2D eigenvalue weighted by molar-refractivity contribution is -0.00461. The summed E-state index contributed by atoms with van der Waals surface area (Å²) in [5.41, 5.74) is 0.989. The van der Waals surface area contributed by atoms with Crippen molar-refractivity contribution in [3.63, 3.8) is 0 Å². The molecule has 0 amide bonds. The summed E-state index contributed by atoms with van der Waals surface area (Å²) in [6, 6.07) is 6.95. The monoisotopic (exact) mass is 296 g/mol. The maximum atomic E-state index is 13.3. The SMILES string of the molecule is CNC(CCN1CC(OC)C(OC)C1)c1cccc(F)c1. The van der Waals surface area contributed by atoms with Crippen LogP contribution in [0.25, 0.3) is 0 Å². The van der Waals surface area contributed by atoms with Gasteiger partial charge in [0.25, 0.3) is 0 Å². The van der Waals surface area contributed by atoms with Crippen LogP contribution in [-0.4, -0.2) is 58.0 Å². The summed E-state index contributed by atoms with van der Waals surface area (Å²) >= 11 is 0. The van der Waals surface area contributed by atoms with Gasteiger partial charge in [-0.2, -0.15) is 0 Å². The normalized spacial score (nSPS) is 24.4. The van der Waals surface area contributed by atoms with E-state index in [4.69, 9.17) is 9.47 Å². The molecule has 0 bridgehead atoms. The molecule has 1 fully saturated rings. The number of rotatable bonds is 7. The van der Waals surface area contributed by atoms with Gasteiger partial charge in [0.15, 0.2) is 0 Å². The molecular formula is C16H25FN2O2. The van der Waals surface area contributed by atoms with Crippen LogP contribution in [0, 0.1) is 5.82 Å². The minimum atomic E-state index is -0.187. The molecule has 1 N–H and O–H groups in total. The van der Waals surface area contributed by atoms with Crippen LogP contribution in [0.5, 0.6) is 0 Å². The van der Waals surface area contributed by atoms with Gasteiger partial charge in [-0.3, -0.25) is 4.90 Å². The third-order valence-electron chi connectivity index (χ3n) is 4.23. The van der Waals surface area contributed by atoms with E-state index in [1.165, 1.54) is 6.07 Å². The van der Waals surface area contributed by atoms with Crippen LogP contribution < -0.4 is 5.32 Å². The van der Waals surface area contributed by atoms with Gasteiger partial charge >= 0.3 is 0 Å². The summed E-state index contributed by atoms with van der Waals surface area (Å²) in [6.45, 7) is 2.70. The Balaban J connectivity index is 1.89. The first kappa shape index (κ1) is 16.4. The van der Waals surface area contributed by atoms with E-state index in [1.54, 1.807) is 26.4 Å². The molecule has 0 saturated carbocycles. The fourth-order valence-electron chi connectivity index (χ4n) is 2.97. The van der Waals surface area contributed by atoms with Crippen molar-refractivity contribution in [1.29, 1.82) is 0 Å². The lowest BCUT2D eigenvalue weighted by Gasteiger charge is -2.21. The van der Waals surface area contributed by atoms with E-state index in [2.05, 4.69) is 10.2 Å². The van der Waals surface area contributed by atoms with Crippen LogP contribution in [0.1, 0.15) is 18.0 Å². The maximum Gasteiger partial charge on any atom is 0.123 e. The van der Waals surface area contributed by atoms with Crippen molar-refractivity contribution < 1.29 is 13.9 Å².